The van der Waals surface area contributed by atoms with Crippen molar-refractivity contribution in [3.63, 3.8) is 0 Å². The predicted octanol–water partition coefficient (Wildman–Crippen LogP) is 0.535. The lowest BCUT2D eigenvalue weighted by atomic mass is 10.1. The number of likely N-dealkylation sites (tertiary alicyclic amines) is 1. The fraction of sp³-hybridized carbons (Fsp3) is 0.900. The number of hydrogen-bond acceptors (Lipinski definition) is 3. The van der Waals surface area contributed by atoms with Gasteiger partial charge in [-0.05, 0) is 25.9 Å². The van der Waals surface area contributed by atoms with E-state index in [9.17, 15) is 4.79 Å². The number of nitrogens with zero attached hydrogens (tertiary/aromatic N) is 1. The smallest absolute Gasteiger partial charge is 0.304 e. The van der Waals surface area contributed by atoms with Crippen LogP contribution in [0.3, 0.4) is 0 Å². The summed E-state index contributed by atoms with van der Waals surface area (Å²) < 4.78 is 0. The maximum absolute atomic E-state index is 10.3. The molecule has 0 aromatic carbocycles. The third kappa shape index (κ3) is 4.07. The molecule has 0 aromatic heterocycles. The van der Waals surface area contributed by atoms with Crippen LogP contribution in [0.15, 0.2) is 0 Å². The fourth-order valence-corrected chi connectivity index (χ4v) is 1.89. The molecule has 0 amide bonds. The minimum absolute atomic E-state index is 0.225. The van der Waals surface area contributed by atoms with Crippen LogP contribution in [0.2, 0.25) is 0 Å². The average molecular weight is 200 g/mol. The van der Waals surface area contributed by atoms with E-state index in [0.29, 0.717) is 12.6 Å². The number of piperidine rings is 1. The van der Waals surface area contributed by atoms with Crippen molar-refractivity contribution in [1.82, 2.24) is 10.2 Å². The van der Waals surface area contributed by atoms with E-state index in [2.05, 4.69) is 17.1 Å². The van der Waals surface area contributed by atoms with Gasteiger partial charge in [0.15, 0.2) is 0 Å². The lowest BCUT2D eigenvalue weighted by Crippen LogP contribution is -2.45. The van der Waals surface area contributed by atoms with Gasteiger partial charge in [0.05, 0.1) is 6.42 Å². The van der Waals surface area contributed by atoms with Crippen LogP contribution in [0.5, 0.6) is 0 Å². The van der Waals surface area contributed by atoms with Crippen LogP contribution < -0.4 is 5.32 Å². The first-order valence-electron chi connectivity index (χ1n) is 5.40. The summed E-state index contributed by atoms with van der Waals surface area (Å²) in [6.45, 7) is 6.11. The maximum Gasteiger partial charge on any atom is 0.304 e. The molecule has 1 fully saturated rings. The van der Waals surface area contributed by atoms with Gasteiger partial charge in [-0.15, -0.1) is 0 Å². The molecular formula is C10H20N2O2. The number of carbonyl (C=O) groups is 1. The van der Waals surface area contributed by atoms with Gasteiger partial charge in [-0.25, -0.2) is 0 Å². The monoisotopic (exact) mass is 200 g/mol. The summed E-state index contributed by atoms with van der Waals surface area (Å²) in [5.41, 5.74) is 0. The van der Waals surface area contributed by atoms with Crippen LogP contribution >= 0.6 is 0 Å². The summed E-state index contributed by atoms with van der Waals surface area (Å²) >= 11 is 0. The van der Waals surface area contributed by atoms with Crippen LogP contribution in [0.1, 0.15) is 26.2 Å². The second-order valence-electron chi connectivity index (χ2n) is 3.83. The molecule has 1 saturated heterocycles. The predicted molar refractivity (Wildman–Crippen MR) is 55.4 cm³/mol. The topological polar surface area (TPSA) is 52.6 Å². The van der Waals surface area contributed by atoms with E-state index >= 15 is 0 Å². The highest BCUT2D eigenvalue weighted by Gasteiger charge is 2.17. The molecule has 0 bridgehead atoms. The van der Waals surface area contributed by atoms with Crippen molar-refractivity contribution in [1.29, 1.82) is 0 Å². The summed E-state index contributed by atoms with van der Waals surface area (Å²) in [7, 11) is 0. The molecule has 14 heavy (non-hydrogen) atoms. The normalized spacial score (nSPS) is 23.6. The molecule has 1 aliphatic heterocycles. The van der Waals surface area contributed by atoms with Crippen molar-refractivity contribution in [2.75, 3.05) is 26.2 Å². The van der Waals surface area contributed by atoms with Crippen molar-refractivity contribution in [2.24, 2.45) is 0 Å². The van der Waals surface area contributed by atoms with Crippen molar-refractivity contribution in [3.05, 3.63) is 0 Å². The number of carboxylic acid groups (broad SMARTS) is 1. The van der Waals surface area contributed by atoms with Gasteiger partial charge in [0, 0.05) is 19.1 Å². The molecule has 2 N–H and O–H groups in total. The zero-order valence-electron chi connectivity index (χ0n) is 8.83. The highest BCUT2D eigenvalue weighted by atomic mass is 16.4. The Hall–Kier alpha value is -0.610. The largest absolute Gasteiger partial charge is 0.481 e. The van der Waals surface area contributed by atoms with E-state index in [1.807, 2.05) is 0 Å². The number of likely N-dealkylation sites (N-methyl/N-ethyl adjacent to an activating group) is 1. The molecule has 4 heteroatoms. The number of nitrogens with one attached hydrogen (secondary N) is 1. The Labute approximate surface area is 85.3 Å². The third-order valence-corrected chi connectivity index (χ3v) is 2.72. The lowest BCUT2D eigenvalue weighted by Gasteiger charge is -2.32. The van der Waals surface area contributed by atoms with E-state index in [1.54, 1.807) is 0 Å². The van der Waals surface area contributed by atoms with Gasteiger partial charge in [0.1, 0.15) is 0 Å². The van der Waals surface area contributed by atoms with E-state index in [0.717, 1.165) is 13.1 Å². The standard InChI is InChI=1S/C10H20N2O2/c1-2-12-7-3-4-9(8-12)11-6-5-10(13)14/h9,11H,2-8H2,1H3,(H,13,14). The van der Waals surface area contributed by atoms with E-state index in [1.165, 1.54) is 19.4 Å². The first-order chi connectivity index (χ1) is 6.72. The first kappa shape index (κ1) is 11.5. The van der Waals surface area contributed by atoms with Crippen LogP contribution in [-0.4, -0.2) is 48.2 Å². The molecule has 0 saturated carbocycles. The Morgan fingerprint density at radius 1 is 1.64 bits per heavy atom. The summed E-state index contributed by atoms with van der Waals surface area (Å²) in [6, 6.07) is 0.489. The Bertz CT molecular complexity index is 185. The Morgan fingerprint density at radius 3 is 3.07 bits per heavy atom. The van der Waals surface area contributed by atoms with Crippen molar-refractivity contribution < 1.29 is 9.90 Å². The van der Waals surface area contributed by atoms with E-state index in [-0.39, 0.29) is 6.42 Å². The van der Waals surface area contributed by atoms with Gasteiger partial charge in [0.2, 0.25) is 0 Å². The quantitative estimate of drug-likeness (QED) is 0.680. The van der Waals surface area contributed by atoms with Crippen LogP contribution in [0, 0.1) is 0 Å². The summed E-state index contributed by atoms with van der Waals surface area (Å²) in [5, 5.41) is 11.8. The number of aliphatic carboxylic acids is 1. The molecule has 0 aliphatic carbocycles. The molecule has 4 nitrogen and oxygen atoms in total. The summed E-state index contributed by atoms with van der Waals surface area (Å²) in [5.74, 6) is -0.722. The molecule has 1 unspecified atom stereocenters. The zero-order valence-corrected chi connectivity index (χ0v) is 8.83. The second-order valence-corrected chi connectivity index (χ2v) is 3.83. The third-order valence-electron chi connectivity index (χ3n) is 2.72. The lowest BCUT2D eigenvalue weighted by molar-refractivity contribution is -0.136. The number of rotatable bonds is 5. The summed E-state index contributed by atoms with van der Waals surface area (Å²) in [4.78, 5) is 12.7. The molecule has 0 spiro atoms. The molecule has 1 rings (SSSR count). The van der Waals surface area contributed by atoms with Crippen molar-refractivity contribution in [2.45, 2.75) is 32.2 Å². The SMILES string of the molecule is CCN1CCCC(NCCC(=O)O)C1. The van der Waals surface area contributed by atoms with Gasteiger partial charge in [-0.2, -0.15) is 0 Å². The van der Waals surface area contributed by atoms with E-state index in [4.69, 9.17) is 5.11 Å². The van der Waals surface area contributed by atoms with Crippen molar-refractivity contribution in [3.8, 4) is 0 Å². The molecule has 1 heterocycles. The highest BCUT2D eigenvalue weighted by Crippen LogP contribution is 2.09. The molecule has 0 aromatic rings. The zero-order chi connectivity index (χ0) is 10.4. The second kappa shape index (κ2) is 5.98. The van der Waals surface area contributed by atoms with Gasteiger partial charge < -0.3 is 15.3 Å². The molecule has 82 valence electrons. The molecule has 0 radical (unpaired) electrons. The van der Waals surface area contributed by atoms with Gasteiger partial charge in [0.25, 0.3) is 0 Å². The van der Waals surface area contributed by atoms with Crippen LogP contribution in [-0.2, 0) is 4.79 Å². The van der Waals surface area contributed by atoms with Gasteiger partial charge >= 0.3 is 5.97 Å². The molecular weight excluding hydrogens is 180 g/mol. The molecule has 1 aliphatic rings. The summed E-state index contributed by atoms with van der Waals surface area (Å²) in [6.07, 6.45) is 2.62. The van der Waals surface area contributed by atoms with Gasteiger partial charge in [-0.1, -0.05) is 6.92 Å². The highest BCUT2D eigenvalue weighted by molar-refractivity contribution is 5.66. The molecule has 1 atom stereocenters. The Kier molecular flexibility index (Phi) is 4.90. The van der Waals surface area contributed by atoms with E-state index < -0.39 is 5.97 Å². The maximum atomic E-state index is 10.3. The van der Waals surface area contributed by atoms with Crippen LogP contribution in [0.4, 0.5) is 0 Å². The number of hydrogen-bond donors (Lipinski definition) is 2. The minimum atomic E-state index is -0.722. The van der Waals surface area contributed by atoms with Crippen molar-refractivity contribution >= 4 is 5.97 Å². The average Bonchev–Trinajstić information content (AvgIpc) is 2.18. The number of carboxylic acids is 1. The fourth-order valence-electron chi connectivity index (χ4n) is 1.89. The van der Waals surface area contributed by atoms with Gasteiger partial charge in [-0.3, -0.25) is 4.79 Å². The first-order valence-corrected chi connectivity index (χ1v) is 5.40. The minimum Gasteiger partial charge on any atom is -0.481 e. The Balaban J connectivity index is 2.14. The Morgan fingerprint density at radius 2 is 2.43 bits per heavy atom. The van der Waals surface area contributed by atoms with Crippen LogP contribution in [0.25, 0.3) is 0 Å².